The Bertz CT molecular complexity index is 749. The Hall–Kier alpha value is -1.94. The molecular formula is C22H28O8. The van der Waals surface area contributed by atoms with E-state index in [9.17, 15) is 10.2 Å². The lowest BCUT2D eigenvalue weighted by Crippen LogP contribution is -2.36. The molecule has 2 fully saturated rings. The van der Waals surface area contributed by atoms with Crippen LogP contribution in [-0.4, -0.2) is 65.8 Å². The fourth-order valence-corrected chi connectivity index (χ4v) is 3.73. The van der Waals surface area contributed by atoms with Crippen molar-refractivity contribution in [3.05, 3.63) is 60.6 Å². The van der Waals surface area contributed by atoms with Gasteiger partial charge in [-0.3, -0.25) is 0 Å². The Kier molecular flexibility index (Phi) is 6.43. The molecule has 8 nitrogen and oxygen atoms in total. The van der Waals surface area contributed by atoms with Gasteiger partial charge in [-0.1, -0.05) is 30.3 Å². The second-order valence-electron chi connectivity index (χ2n) is 7.97. The van der Waals surface area contributed by atoms with Gasteiger partial charge in [0.05, 0.1) is 12.5 Å². The van der Waals surface area contributed by atoms with E-state index in [2.05, 4.69) is 0 Å². The van der Waals surface area contributed by atoms with E-state index in [0.717, 1.165) is 5.56 Å². The quantitative estimate of drug-likeness (QED) is 0.710. The molecule has 2 N–H and O–H groups in total. The van der Waals surface area contributed by atoms with Gasteiger partial charge in [-0.2, -0.15) is 0 Å². The van der Waals surface area contributed by atoms with Crippen molar-refractivity contribution in [2.45, 2.75) is 62.5 Å². The highest BCUT2D eigenvalue weighted by Gasteiger charge is 2.44. The molecule has 0 bridgehead atoms. The van der Waals surface area contributed by atoms with Crippen molar-refractivity contribution in [1.82, 2.24) is 0 Å². The molecule has 4 aliphatic rings. The summed E-state index contributed by atoms with van der Waals surface area (Å²) in [6.45, 7) is 4.17. The first-order valence-corrected chi connectivity index (χ1v) is 10.1. The lowest BCUT2D eigenvalue weighted by molar-refractivity contribution is -0.157. The summed E-state index contributed by atoms with van der Waals surface area (Å²) in [6, 6.07) is 9.71. The van der Waals surface area contributed by atoms with Crippen LogP contribution >= 0.6 is 0 Å². The van der Waals surface area contributed by atoms with Gasteiger partial charge >= 0.3 is 0 Å². The topological polar surface area (TPSA) is 95.8 Å². The number of hydrogen-bond donors (Lipinski definition) is 2. The molecule has 5 rings (SSSR count). The lowest BCUT2D eigenvalue weighted by atomic mass is 10.1. The van der Waals surface area contributed by atoms with E-state index in [1.165, 1.54) is 0 Å². The molecule has 8 heteroatoms. The second kappa shape index (κ2) is 9.05. The molecule has 1 aromatic rings. The Morgan fingerprint density at radius 2 is 1.43 bits per heavy atom. The Morgan fingerprint density at radius 1 is 0.800 bits per heavy atom. The normalized spacial score (nSPS) is 38.7. The molecule has 0 aromatic heterocycles. The van der Waals surface area contributed by atoms with Crippen molar-refractivity contribution >= 4 is 0 Å². The van der Waals surface area contributed by atoms with Gasteiger partial charge in [-0.25, -0.2) is 0 Å². The van der Waals surface area contributed by atoms with Crippen LogP contribution in [0.4, 0.5) is 0 Å². The number of hydrogen-bond acceptors (Lipinski definition) is 8. The molecule has 2 saturated heterocycles. The average molecular weight is 420 g/mol. The number of fused-ring (bicyclic) bond motifs is 2. The van der Waals surface area contributed by atoms with E-state index >= 15 is 0 Å². The molecule has 0 amide bonds. The molecule has 0 spiro atoms. The summed E-state index contributed by atoms with van der Waals surface area (Å²) in [5, 5.41) is 19.5. The smallest absolute Gasteiger partial charge is 0.185 e. The van der Waals surface area contributed by atoms with Gasteiger partial charge < -0.3 is 38.6 Å². The third-order valence-corrected chi connectivity index (χ3v) is 5.14. The lowest BCUT2D eigenvalue weighted by Gasteiger charge is -2.19. The number of ether oxygens (including phenoxy) is 6. The third kappa shape index (κ3) is 4.85. The van der Waals surface area contributed by atoms with Gasteiger partial charge in [0.2, 0.25) is 0 Å². The molecule has 4 aliphatic heterocycles. The van der Waals surface area contributed by atoms with Gasteiger partial charge in [0, 0.05) is 5.56 Å². The van der Waals surface area contributed by atoms with Crippen molar-refractivity contribution in [2.75, 3.05) is 13.2 Å². The molecule has 4 heterocycles. The van der Waals surface area contributed by atoms with Crippen LogP contribution in [0.2, 0.25) is 0 Å². The first kappa shape index (κ1) is 21.3. The van der Waals surface area contributed by atoms with Crippen molar-refractivity contribution in [3.63, 3.8) is 0 Å². The van der Waals surface area contributed by atoms with E-state index < -0.39 is 24.3 Å². The van der Waals surface area contributed by atoms with Crippen molar-refractivity contribution in [3.8, 4) is 0 Å². The van der Waals surface area contributed by atoms with Crippen LogP contribution in [0, 0.1) is 0 Å². The van der Waals surface area contributed by atoms with Crippen molar-refractivity contribution in [1.29, 1.82) is 0 Å². The standard InChI is InChI=1S/C13H14O4.C9H14O4/c14-10-8-15-7-6-11-12(10)17-13(16-11)9-4-2-1-3-5-9;1-9(2)12-7-3-4-11-5-6(10)8(7)13-9/h1-7,10-14H,8H2;3-4,6-8,10H,5H2,1-2H3/t10-,11?,12-,13?;6-,7?,8-/m11/s1. The molecule has 0 aliphatic carbocycles. The van der Waals surface area contributed by atoms with Gasteiger partial charge in [-0.05, 0) is 26.0 Å². The molecule has 3 unspecified atom stereocenters. The second-order valence-corrected chi connectivity index (χ2v) is 7.97. The minimum absolute atomic E-state index is 0.201. The summed E-state index contributed by atoms with van der Waals surface area (Å²) in [4.78, 5) is 0. The predicted octanol–water partition coefficient (Wildman–Crippen LogP) is 1.79. The summed E-state index contributed by atoms with van der Waals surface area (Å²) in [5.41, 5.74) is 0.960. The van der Waals surface area contributed by atoms with E-state index in [1.807, 2.05) is 44.2 Å². The molecule has 30 heavy (non-hydrogen) atoms. The fraction of sp³-hybridized carbons (Fsp3) is 0.545. The first-order chi connectivity index (χ1) is 14.4. The fourth-order valence-electron chi connectivity index (χ4n) is 3.73. The molecule has 1 aromatic carbocycles. The van der Waals surface area contributed by atoms with E-state index in [0.29, 0.717) is 0 Å². The zero-order chi connectivity index (χ0) is 21.1. The van der Waals surface area contributed by atoms with Gasteiger partial charge in [0.1, 0.15) is 49.8 Å². The number of aliphatic hydroxyl groups is 2. The van der Waals surface area contributed by atoms with E-state index in [-0.39, 0.29) is 37.6 Å². The van der Waals surface area contributed by atoms with Crippen LogP contribution in [0.5, 0.6) is 0 Å². The summed E-state index contributed by atoms with van der Waals surface area (Å²) in [7, 11) is 0. The molecule has 7 atom stereocenters. The highest BCUT2D eigenvalue weighted by Crippen LogP contribution is 2.34. The molecule has 164 valence electrons. The van der Waals surface area contributed by atoms with Crippen molar-refractivity contribution in [2.24, 2.45) is 0 Å². The van der Waals surface area contributed by atoms with Gasteiger partial charge in [-0.15, -0.1) is 0 Å². The minimum atomic E-state index is -0.663. The van der Waals surface area contributed by atoms with Gasteiger partial charge in [0.15, 0.2) is 12.1 Å². The Morgan fingerprint density at radius 3 is 2.13 bits per heavy atom. The number of rotatable bonds is 1. The zero-order valence-corrected chi connectivity index (χ0v) is 17.0. The van der Waals surface area contributed by atoms with E-state index in [1.54, 1.807) is 24.7 Å². The van der Waals surface area contributed by atoms with Crippen molar-refractivity contribution < 1.29 is 38.6 Å². The van der Waals surface area contributed by atoms with Crippen LogP contribution in [-0.2, 0) is 28.4 Å². The summed E-state index contributed by atoms with van der Waals surface area (Å²) < 4.78 is 32.7. The average Bonchev–Trinajstić information content (AvgIpc) is 3.19. The number of benzene rings is 1. The van der Waals surface area contributed by atoms with Gasteiger partial charge in [0.25, 0.3) is 0 Å². The summed E-state index contributed by atoms with van der Waals surface area (Å²) in [5.74, 6) is -0.613. The minimum Gasteiger partial charge on any atom is -0.499 e. The summed E-state index contributed by atoms with van der Waals surface area (Å²) in [6.07, 6.45) is 3.84. The summed E-state index contributed by atoms with van der Waals surface area (Å²) >= 11 is 0. The largest absolute Gasteiger partial charge is 0.499 e. The molecule has 0 saturated carbocycles. The highest BCUT2D eigenvalue weighted by atomic mass is 16.8. The Labute approximate surface area is 175 Å². The molecule has 0 radical (unpaired) electrons. The first-order valence-electron chi connectivity index (χ1n) is 10.1. The zero-order valence-electron chi connectivity index (χ0n) is 17.0. The maximum atomic E-state index is 9.85. The highest BCUT2D eigenvalue weighted by molar-refractivity contribution is 5.17. The third-order valence-electron chi connectivity index (χ3n) is 5.14. The SMILES string of the molecule is CC1(C)OC2C=COC[C@@H](O)[C@H]2O1.O[C@@H]1COC=CC2OC(c3ccccc3)O[C@@H]21. The van der Waals surface area contributed by atoms with Crippen LogP contribution in [0.25, 0.3) is 0 Å². The van der Waals surface area contributed by atoms with Crippen LogP contribution in [0.1, 0.15) is 25.7 Å². The molecular weight excluding hydrogens is 392 g/mol. The Balaban J connectivity index is 0.000000151. The van der Waals surface area contributed by atoms with E-state index in [4.69, 9.17) is 28.4 Å². The maximum absolute atomic E-state index is 9.85. The maximum Gasteiger partial charge on any atom is 0.185 e. The van der Waals surface area contributed by atoms with Crippen LogP contribution in [0.15, 0.2) is 55.0 Å². The monoisotopic (exact) mass is 420 g/mol. The van der Waals surface area contributed by atoms with Crippen LogP contribution in [0.3, 0.4) is 0 Å². The number of aliphatic hydroxyl groups excluding tert-OH is 2. The van der Waals surface area contributed by atoms with Crippen LogP contribution < -0.4 is 0 Å². The predicted molar refractivity (Wildman–Crippen MR) is 105 cm³/mol.